The summed E-state index contributed by atoms with van der Waals surface area (Å²) in [5.74, 6) is 0.854. The Morgan fingerprint density at radius 2 is 1.69 bits per heavy atom. The second kappa shape index (κ2) is 5.64. The maximum atomic E-state index is 3.73. The quantitative estimate of drug-likeness (QED) is 0.689. The first-order chi connectivity index (χ1) is 6.18. The van der Waals surface area contributed by atoms with Crippen LogP contribution in [0.25, 0.3) is 0 Å². The Labute approximate surface area is 83.3 Å². The molecule has 0 aromatic rings. The highest BCUT2D eigenvalue weighted by Crippen LogP contribution is 2.19. The molecule has 1 rings (SSSR count). The standard InChI is InChI=1S/C12H25N/c1-10(2)8-9-11(3)13-12-6-4-5-7-12/h10-13H,4-9H2,1-3H3. The van der Waals surface area contributed by atoms with E-state index < -0.39 is 0 Å². The van der Waals surface area contributed by atoms with E-state index in [-0.39, 0.29) is 0 Å². The van der Waals surface area contributed by atoms with Crippen molar-refractivity contribution in [2.45, 2.75) is 71.4 Å². The molecule has 0 heterocycles. The van der Waals surface area contributed by atoms with Crippen LogP contribution in [0.1, 0.15) is 59.3 Å². The number of rotatable bonds is 5. The lowest BCUT2D eigenvalue weighted by molar-refractivity contribution is 0.401. The van der Waals surface area contributed by atoms with Crippen molar-refractivity contribution in [1.29, 1.82) is 0 Å². The van der Waals surface area contributed by atoms with Gasteiger partial charge in [-0.25, -0.2) is 0 Å². The van der Waals surface area contributed by atoms with E-state index in [9.17, 15) is 0 Å². The fourth-order valence-electron chi connectivity index (χ4n) is 2.16. The zero-order valence-corrected chi connectivity index (χ0v) is 9.47. The third-order valence-corrected chi connectivity index (χ3v) is 3.05. The summed E-state index contributed by atoms with van der Waals surface area (Å²) >= 11 is 0. The molecule has 0 spiro atoms. The van der Waals surface area contributed by atoms with Crippen LogP contribution in [0.3, 0.4) is 0 Å². The van der Waals surface area contributed by atoms with Gasteiger partial charge in [0.25, 0.3) is 0 Å². The van der Waals surface area contributed by atoms with E-state index in [1.165, 1.54) is 38.5 Å². The summed E-state index contributed by atoms with van der Waals surface area (Å²) in [6.07, 6.45) is 8.40. The maximum Gasteiger partial charge on any atom is 0.00695 e. The average molecular weight is 183 g/mol. The van der Waals surface area contributed by atoms with Gasteiger partial charge in [-0.2, -0.15) is 0 Å². The Morgan fingerprint density at radius 1 is 1.08 bits per heavy atom. The molecule has 1 N–H and O–H groups in total. The van der Waals surface area contributed by atoms with Crippen molar-refractivity contribution in [2.24, 2.45) is 5.92 Å². The predicted molar refractivity (Wildman–Crippen MR) is 58.9 cm³/mol. The van der Waals surface area contributed by atoms with Gasteiger partial charge in [0, 0.05) is 12.1 Å². The van der Waals surface area contributed by atoms with Gasteiger partial charge in [0.1, 0.15) is 0 Å². The molecule has 0 saturated heterocycles. The second-order valence-corrected chi connectivity index (χ2v) is 5.02. The van der Waals surface area contributed by atoms with E-state index in [1.807, 2.05) is 0 Å². The van der Waals surface area contributed by atoms with Crippen LogP contribution in [0.15, 0.2) is 0 Å². The Hall–Kier alpha value is -0.0400. The molecule has 1 unspecified atom stereocenters. The molecule has 0 aromatic carbocycles. The van der Waals surface area contributed by atoms with E-state index in [2.05, 4.69) is 26.1 Å². The topological polar surface area (TPSA) is 12.0 Å². The van der Waals surface area contributed by atoms with Crippen LogP contribution >= 0.6 is 0 Å². The Balaban J connectivity index is 2.05. The molecular formula is C12H25N. The minimum atomic E-state index is 0.727. The fraction of sp³-hybridized carbons (Fsp3) is 1.00. The molecule has 78 valence electrons. The highest BCUT2D eigenvalue weighted by Gasteiger charge is 2.16. The van der Waals surface area contributed by atoms with E-state index in [0.717, 1.165) is 18.0 Å². The largest absolute Gasteiger partial charge is 0.312 e. The molecule has 1 aliphatic carbocycles. The summed E-state index contributed by atoms with van der Waals surface area (Å²) in [6, 6.07) is 1.56. The van der Waals surface area contributed by atoms with Gasteiger partial charge in [0.2, 0.25) is 0 Å². The van der Waals surface area contributed by atoms with E-state index in [1.54, 1.807) is 0 Å². The summed E-state index contributed by atoms with van der Waals surface area (Å²) in [7, 11) is 0. The van der Waals surface area contributed by atoms with Crippen molar-refractivity contribution in [3.05, 3.63) is 0 Å². The molecule has 0 aromatic heterocycles. The highest BCUT2D eigenvalue weighted by molar-refractivity contribution is 4.76. The molecule has 0 bridgehead atoms. The third kappa shape index (κ3) is 4.66. The first kappa shape index (κ1) is 11.0. The molecular weight excluding hydrogens is 158 g/mol. The van der Waals surface area contributed by atoms with Gasteiger partial charge >= 0.3 is 0 Å². The van der Waals surface area contributed by atoms with Crippen molar-refractivity contribution < 1.29 is 0 Å². The van der Waals surface area contributed by atoms with Crippen molar-refractivity contribution in [3.63, 3.8) is 0 Å². The zero-order chi connectivity index (χ0) is 9.68. The minimum absolute atomic E-state index is 0.727. The normalized spacial score (nSPS) is 21.2. The Bertz CT molecular complexity index is 125. The summed E-state index contributed by atoms with van der Waals surface area (Å²) in [4.78, 5) is 0. The van der Waals surface area contributed by atoms with Gasteiger partial charge in [-0.05, 0) is 38.5 Å². The first-order valence-corrected chi connectivity index (χ1v) is 5.94. The summed E-state index contributed by atoms with van der Waals surface area (Å²) in [5.41, 5.74) is 0. The van der Waals surface area contributed by atoms with Crippen molar-refractivity contribution in [2.75, 3.05) is 0 Å². The van der Waals surface area contributed by atoms with Crippen LogP contribution in [0, 0.1) is 5.92 Å². The Morgan fingerprint density at radius 3 is 2.23 bits per heavy atom. The molecule has 1 heteroatoms. The van der Waals surface area contributed by atoms with Crippen molar-refractivity contribution in [3.8, 4) is 0 Å². The number of hydrogen-bond acceptors (Lipinski definition) is 1. The van der Waals surface area contributed by atoms with Crippen molar-refractivity contribution >= 4 is 0 Å². The first-order valence-electron chi connectivity index (χ1n) is 5.94. The molecule has 1 saturated carbocycles. The maximum absolute atomic E-state index is 3.73. The molecule has 13 heavy (non-hydrogen) atoms. The van der Waals surface area contributed by atoms with Gasteiger partial charge in [-0.3, -0.25) is 0 Å². The minimum Gasteiger partial charge on any atom is -0.312 e. The fourth-order valence-corrected chi connectivity index (χ4v) is 2.16. The van der Waals surface area contributed by atoms with Gasteiger partial charge in [0.15, 0.2) is 0 Å². The van der Waals surface area contributed by atoms with Gasteiger partial charge in [0.05, 0.1) is 0 Å². The van der Waals surface area contributed by atoms with Crippen LogP contribution in [-0.2, 0) is 0 Å². The van der Waals surface area contributed by atoms with Crippen LogP contribution < -0.4 is 5.32 Å². The molecule has 0 radical (unpaired) electrons. The zero-order valence-electron chi connectivity index (χ0n) is 9.47. The van der Waals surface area contributed by atoms with Crippen LogP contribution in [0.2, 0.25) is 0 Å². The lowest BCUT2D eigenvalue weighted by Crippen LogP contribution is -2.34. The summed E-state index contributed by atoms with van der Waals surface area (Å²) in [5, 5.41) is 3.73. The lowest BCUT2D eigenvalue weighted by atomic mass is 10.0. The molecule has 1 nitrogen and oxygen atoms in total. The van der Waals surface area contributed by atoms with Gasteiger partial charge in [-0.1, -0.05) is 26.7 Å². The monoisotopic (exact) mass is 183 g/mol. The lowest BCUT2D eigenvalue weighted by Gasteiger charge is -2.19. The highest BCUT2D eigenvalue weighted by atomic mass is 14.9. The molecule has 1 atom stereocenters. The van der Waals surface area contributed by atoms with E-state index in [0.29, 0.717) is 0 Å². The third-order valence-electron chi connectivity index (χ3n) is 3.05. The smallest absolute Gasteiger partial charge is 0.00695 e. The van der Waals surface area contributed by atoms with E-state index >= 15 is 0 Å². The van der Waals surface area contributed by atoms with Gasteiger partial charge in [-0.15, -0.1) is 0 Å². The SMILES string of the molecule is CC(C)CCC(C)NC1CCCC1. The van der Waals surface area contributed by atoms with Crippen LogP contribution in [0.5, 0.6) is 0 Å². The van der Waals surface area contributed by atoms with Crippen molar-refractivity contribution in [1.82, 2.24) is 5.32 Å². The summed E-state index contributed by atoms with van der Waals surface area (Å²) in [6.45, 7) is 6.95. The number of nitrogens with one attached hydrogen (secondary N) is 1. The second-order valence-electron chi connectivity index (χ2n) is 5.02. The number of hydrogen-bond donors (Lipinski definition) is 1. The van der Waals surface area contributed by atoms with Crippen LogP contribution in [-0.4, -0.2) is 12.1 Å². The molecule has 1 aliphatic rings. The molecule has 0 aliphatic heterocycles. The average Bonchev–Trinajstić information content (AvgIpc) is 2.53. The molecule has 1 fully saturated rings. The van der Waals surface area contributed by atoms with Gasteiger partial charge < -0.3 is 5.32 Å². The van der Waals surface area contributed by atoms with Crippen LogP contribution in [0.4, 0.5) is 0 Å². The van der Waals surface area contributed by atoms with E-state index in [4.69, 9.17) is 0 Å². The predicted octanol–water partition coefficient (Wildman–Crippen LogP) is 3.34. The Kier molecular flexibility index (Phi) is 4.79. The summed E-state index contributed by atoms with van der Waals surface area (Å²) < 4.78 is 0. The molecule has 0 amide bonds.